The summed E-state index contributed by atoms with van der Waals surface area (Å²) in [6, 6.07) is 4.42. The van der Waals surface area contributed by atoms with Crippen LogP contribution in [0.5, 0.6) is 5.75 Å². The van der Waals surface area contributed by atoms with E-state index in [2.05, 4.69) is 10.1 Å². The highest BCUT2D eigenvalue weighted by Gasteiger charge is 2.39. The fraction of sp³-hybridized carbons (Fsp3) is 0.500. The number of nitro benzene ring substituents is 1. The fourth-order valence-corrected chi connectivity index (χ4v) is 2.90. The van der Waals surface area contributed by atoms with Crippen LogP contribution in [0.4, 0.5) is 20.2 Å². The van der Waals surface area contributed by atoms with Crippen molar-refractivity contribution in [2.75, 3.05) is 18.0 Å². The van der Waals surface area contributed by atoms with E-state index in [0.29, 0.717) is 18.3 Å². The highest BCUT2D eigenvalue weighted by molar-refractivity contribution is 5.64. The Kier molecular flexibility index (Phi) is 3.17. The summed E-state index contributed by atoms with van der Waals surface area (Å²) >= 11 is 0. The molecule has 2 unspecified atom stereocenters. The number of benzene rings is 1. The van der Waals surface area contributed by atoms with E-state index in [0.717, 1.165) is 19.0 Å². The minimum absolute atomic E-state index is 0.137. The summed E-state index contributed by atoms with van der Waals surface area (Å²) in [5, 5.41) is 14.0. The molecule has 0 saturated carbocycles. The Morgan fingerprint density at radius 2 is 2.30 bits per heavy atom. The molecule has 8 heteroatoms. The first-order valence-corrected chi connectivity index (χ1v) is 6.28. The Balaban J connectivity index is 1.94. The number of hydrogen-bond donors (Lipinski definition) is 1. The minimum atomic E-state index is -3.01. The molecular weight excluding hydrogens is 272 g/mol. The first kappa shape index (κ1) is 13.0. The van der Waals surface area contributed by atoms with Crippen molar-refractivity contribution >= 4 is 11.4 Å². The van der Waals surface area contributed by atoms with E-state index in [9.17, 15) is 18.9 Å². The lowest BCUT2D eigenvalue weighted by Crippen LogP contribution is -2.43. The minimum Gasteiger partial charge on any atom is -0.432 e. The van der Waals surface area contributed by atoms with Crippen LogP contribution in [0.15, 0.2) is 18.2 Å². The molecular formula is C12H13F2N3O3. The van der Waals surface area contributed by atoms with Crippen molar-refractivity contribution < 1.29 is 18.4 Å². The smallest absolute Gasteiger partial charge is 0.387 e. The van der Waals surface area contributed by atoms with Crippen molar-refractivity contribution in [3.63, 3.8) is 0 Å². The molecule has 0 aromatic heterocycles. The average molecular weight is 285 g/mol. The molecule has 2 heterocycles. The van der Waals surface area contributed by atoms with Crippen molar-refractivity contribution in [3.05, 3.63) is 28.3 Å². The number of nitro groups is 1. The van der Waals surface area contributed by atoms with Crippen molar-refractivity contribution in [3.8, 4) is 5.75 Å². The van der Waals surface area contributed by atoms with Gasteiger partial charge in [0.05, 0.1) is 16.7 Å². The summed E-state index contributed by atoms with van der Waals surface area (Å²) in [5.74, 6) is -0.137. The van der Waals surface area contributed by atoms with Crippen molar-refractivity contribution in [1.29, 1.82) is 0 Å². The van der Waals surface area contributed by atoms with Gasteiger partial charge in [0.15, 0.2) is 5.75 Å². The number of halogens is 2. The van der Waals surface area contributed by atoms with Gasteiger partial charge in [-0.25, -0.2) is 0 Å². The molecule has 2 saturated heterocycles. The largest absolute Gasteiger partial charge is 0.432 e. The van der Waals surface area contributed by atoms with Gasteiger partial charge in [0.2, 0.25) is 0 Å². The van der Waals surface area contributed by atoms with E-state index in [1.807, 2.05) is 4.90 Å². The molecule has 1 aromatic rings. The van der Waals surface area contributed by atoms with Crippen LogP contribution in [0.2, 0.25) is 0 Å². The number of ether oxygens (including phenoxy) is 1. The van der Waals surface area contributed by atoms with Gasteiger partial charge in [0, 0.05) is 31.2 Å². The number of fused-ring (bicyclic) bond motifs is 2. The Morgan fingerprint density at radius 3 is 2.85 bits per heavy atom. The van der Waals surface area contributed by atoms with Crippen molar-refractivity contribution in [2.45, 2.75) is 25.1 Å². The van der Waals surface area contributed by atoms with Crippen LogP contribution in [0, 0.1) is 10.1 Å². The number of rotatable bonds is 4. The third-order valence-electron chi connectivity index (χ3n) is 3.74. The molecule has 0 radical (unpaired) electrons. The highest BCUT2D eigenvalue weighted by atomic mass is 19.3. The first-order valence-electron chi connectivity index (χ1n) is 6.28. The summed E-state index contributed by atoms with van der Waals surface area (Å²) < 4.78 is 29.4. The molecule has 0 aliphatic carbocycles. The van der Waals surface area contributed by atoms with Crippen molar-refractivity contribution in [1.82, 2.24) is 5.32 Å². The number of nitrogens with one attached hydrogen (secondary N) is 1. The number of alkyl halides is 2. The van der Waals surface area contributed by atoms with Crippen LogP contribution in [-0.4, -0.2) is 36.7 Å². The van der Waals surface area contributed by atoms with Gasteiger partial charge in [-0.1, -0.05) is 0 Å². The Hall–Kier alpha value is -1.96. The predicted molar refractivity (Wildman–Crippen MR) is 67.3 cm³/mol. The molecule has 3 rings (SSSR count). The Labute approximate surface area is 113 Å². The van der Waals surface area contributed by atoms with E-state index in [-0.39, 0.29) is 17.5 Å². The third-order valence-corrected chi connectivity index (χ3v) is 3.74. The maximum atomic E-state index is 12.5. The summed E-state index contributed by atoms with van der Waals surface area (Å²) in [6.07, 6.45) is 0.950. The molecule has 0 spiro atoms. The van der Waals surface area contributed by atoms with Crippen molar-refractivity contribution in [2.24, 2.45) is 0 Å². The lowest BCUT2D eigenvalue weighted by atomic mass is 10.2. The van der Waals surface area contributed by atoms with Gasteiger partial charge in [0.1, 0.15) is 0 Å². The zero-order valence-corrected chi connectivity index (χ0v) is 10.5. The first-order chi connectivity index (χ1) is 9.54. The molecule has 1 aromatic carbocycles. The molecule has 0 amide bonds. The van der Waals surface area contributed by atoms with E-state index < -0.39 is 11.5 Å². The molecule has 2 aliphatic heterocycles. The SMILES string of the molecule is O=[N+]([O-])c1ccc(N2CC3CC2CN3)c(OC(F)F)c1. The normalized spacial score (nSPS) is 24.4. The average Bonchev–Trinajstić information content (AvgIpc) is 3.00. The number of piperazine rings is 1. The van der Waals surface area contributed by atoms with Gasteiger partial charge in [0.25, 0.3) is 5.69 Å². The van der Waals surface area contributed by atoms with Gasteiger partial charge in [-0.05, 0) is 12.5 Å². The maximum Gasteiger partial charge on any atom is 0.387 e. The summed E-state index contributed by atoms with van der Waals surface area (Å²) in [7, 11) is 0. The van der Waals surface area contributed by atoms with Gasteiger partial charge in [-0.15, -0.1) is 0 Å². The monoisotopic (exact) mass is 285 g/mol. The maximum absolute atomic E-state index is 12.5. The van der Waals surface area contributed by atoms with E-state index in [1.165, 1.54) is 12.1 Å². The van der Waals surface area contributed by atoms with Crippen LogP contribution in [0.25, 0.3) is 0 Å². The van der Waals surface area contributed by atoms with E-state index in [1.54, 1.807) is 0 Å². The van der Waals surface area contributed by atoms with Crippen LogP contribution in [0.1, 0.15) is 6.42 Å². The molecule has 2 fully saturated rings. The molecule has 6 nitrogen and oxygen atoms in total. The van der Waals surface area contributed by atoms with Crippen LogP contribution in [-0.2, 0) is 0 Å². The quantitative estimate of drug-likeness (QED) is 0.674. The van der Waals surface area contributed by atoms with Gasteiger partial charge < -0.3 is 15.0 Å². The molecule has 20 heavy (non-hydrogen) atoms. The number of anilines is 1. The lowest BCUT2D eigenvalue weighted by molar-refractivity contribution is -0.385. The fourth-order valence-electron chi connectivity index (χ4n) is 2.90. The van der Waals surface area contributed by atoms with Crippen LogP contribution >= 0.6 is 0 Å². The third kappa shape index (κ3) is 2.26. The number of non-ortho nitro benzene ring substituents is 1. The van der Waals surface area contributed by atoms with Gasteiger partial charge in [-0.3, -0.25) is 10.1 Å². The second-order valence-electron chi connectivity index (χ2n) is 4.93. The Morgan fingerprint density at radius 1 is 1.50 bits per heavy atom. The summed E-state index contributed by atoms with van der Waals surface area (Å²) in [6.45, 7) is -1.52. The molecule has 2 aliphatic rings. The highest BCUT2D eigenvalue weighted by Crippen LogP contribution is 2.38. The molecule has 108 valence electrons. The zero-order valence-electron chi connectivity index (χ0n) is 10.5. The van der Waals surface area contributed by atoms with Crippen LogP contribution < -0.4 is 15.0 Å². The molecule has 2 bridgehead atoms. The predicted octanol–water partition coefficient (Wildman–Crippen LogP) is 1.75. The van der Waals surface area contributed by atoms with E-state index in [4.69, 9.17) is 0 Å². The summed E-state index contributed by atoms with van der Waals surface area (Å²) in [4.78, 5) is 12.1. The molecule has 1 N–H and O–H groups in total. The number of nitrogens with zero attached hydrogens (tertiary/aromatic N) is 2. The topological polar surface area (TPSA) is 67.6 Å². The second kappa shape index (κ2) is 4.86. The standard InChI is InChI=1S/C12H13F2N3O3/c13-12(14)20-11-4-8(17(18)19)1-2-10(11)16-6-7-3-9(16)5-15-7/h1-2,4,7,9,12,15H,3,5-6H2. The summed E-state index contributed by atoms with van der Waals surface area (Å²) in [5.41, 5.74) is 0.233. The van der Waals surface area contributed by atoms with Crippen LogP contribution in [0.3, 0.4) is 0 Å². The van der Waals surface area contributed by atoms with Gasteiger partial charge >= 0.3 is 6.61 Å². The zero-order chi connectivity index (χ0) is 14.3. The lowest BCUT2D eigenvalue weighted by Gasteiger charge is -2.30. The second-order valence-corrected chi connectivity index (χ2v) is 4.93. The molecule has 2 atom stereocenters. The number of hydrogen-bond acceptors (Lipinski definition) is 5. The van der Waals surface area contributed by atoms with E-state index >= 15 is 0 Å². The Bertz CT molecular complexity index is 541. The van der Waals surface area contributed by atoms with Gasteiger partial charge in [-0.2, -0.15) is 8.78 Å².